The molecule has 1 aliphatic carbocycles. The molecule has 1 saturated heterocycles. The van der Waals surface area contributed by atoms with Crippen LogP contribution in [0.5, 0.6) is 0 Å². The number of carbonyl (C=O) groups excluding carboxylic acids is 1. The lowest BCUT2D eigenvalue weighted by Gasteiger charge is -2.27. The Morgan fingerprint density at radius 3 is 2.82 bits per heavy atom. The van der Waals surface area contributed by atoms with Gasteiger partial charge in [0.05, 0.1) is 0 Å². The number of piperidine rings is 1. The molecule has 0 bridgehead atoms. The Bertz CT molecular complexity index is 1100. The molecule has 1 aromatic carbocycles. The molecule has 2 aliphatic rings. The second-order valence-corrected chi connectivity index (χ2v) is 8.68. The first-order valence-corrected chi connectivity index (χ1v) is 11.4. The van der Waals surface area contributed by atoms with Crippen molar-refractivity contribution in [3.8, 4) is 0 Å². The van der Waals surface area contributed by atoms with Crippen LogP contribution in [-0.2, 0) is 4.79 Å². The van der Waals surface area contributed by atoms with E-state index in [0.717, 1.165) is 36.6 Å². The van der Waals surface area contributed by atoms with Gasteiger partial charge in [-0.1, -0.05) is 37.3 Å². The number of aromatic nitrogens is 2. The van der Waals surface area contributed by atoms with Crippen LogP contribution in [0.4, 0.5) is 11.5 Å². The number of benzene rings is 1. The highest BCUT2D eigenvalue weighted by Crippen LogP contribution is 2.41. The fourth-order valence-corrected chi connectivity index (χ4v) is 4.16. The Morgan fingerprint density at radius 1 is 1.27 bits per heavy atom. The van der Waals surface area contributed by atoms with E-state index in [1.165, 1.54) is 36.5 Å². The molecule has 1 unspecified atom stereocenters. The minimum Gasteiger partial charge on any atom is -0.385 e. The number of nitrogens with one attached hydrogen (secondary N) is 3. The fourth-order valence-electron chi connectivity index (χ4n) is 4.16. The van der Waals surface area contributed by atoms with Crippen LogP contribution in [0.1, 0.15) is 36.4 Å². The van der Waals surface area contributed by atoms with Gasteiger partial charge in [-0.3, -0.25) is 14.8 Å². The van der Waals surface area contributed by atoms with Crippen LogP contribution in [-0.4, -0.2) is 40.6 Å². The van der Waals surface area contributed by atoms with Gasteiger partial charge in [0.25, 0.3) is 0 Å². The van der Waals surface area contributed by atoms with Crippen molar-refractivity contribution in [1.29, 1.82) is 0 Å². The van der Waals surface area contributed by atoms with Gasteiger partial charge in [-0.2, -0.15) is 5.10 Å². The summed E-state index contributed by atoms with van der Waals surface area (Å²) in [6, 6.07) is 9.87. The fraction of sp³-hybridized carbons (Fsp3) is 0.308. The Kier molecular flexibility index (Phi) is 7.10. The average Bonchev–Trinajstić information content (AvgIpc) is 3.45. The topological polar surface area (TPSA) is 99.1 Å². The Labute approximate surface area is 195 Å². The third kappa shape index (κ3) is 6.46. The van der Waals surface area contributed by atoms with Crippen LogP contribution < -0.4 is 16.4 Å². The van der Waals surface area contributed by atoms with Gasteiger partial charge in [-0.05, 0) is 73.8 Å². The summed E-state index contributed by atoms with van der Waals surface area (Å²) in [5, 5.41) is 13.1. The van der Waals surface area contributed by atoms with Gasteiger partial charge < -0.3 is 16.4 Å². The number of nitrogens with two attached hydrogens (primary N) is 1. The van der Waals surface area contributed by atoms with Gasteiger partial charge in [0.15, 0.2) is 5.82 Å². The minimum atomic E-state index is -0.208. The van der Waals surface area contributed by atoms with Crippen LogP contribution >= 0.6 is 0 Å². The van der Waals surface area contributed by atoms with E-state index in [9.17, 15) is 4.79 Å². The van der Waals surface area contributed by atoms with Crippen LogP contribution in [0.2, 0.25) is 0 Å². The van der Waals surface area contributed by atoms with Gasteiger partial charge in [-0.25, -0.2) is 0 Å². The Balaban J connectivity index is 1.48. The first-order valence-electron chi connectivity index (χ1n) is 11.4. The lowest BCUT2D eigenvalue weighted by molar-refractivity contribution is -0.111. The minimum absolute atomic E-state index is 0.208. The Hall–Kier alpha value is -3.58. The zero-order valence-corrected chi connectivity index (χ0v) is 19.1. The molecule has 0 spiro atoms. The number of hydrogen-bond acceptors (Lipinski definition) is 5. The number of anilines is 2. The van der Waals surface area contributed by atoms with E-state index in [0.29, 0.717) is 11.6 Å². The monoisotopic (exact) mass is 444 g/mol. The second-order valence-electron chi connectivity index (χ2n) is 8.68. The normalized spacial score (nSPS) is 19.1. The number of amides is 1. The molecule has 5 N–H and O–H groups in total. The molecule has 33 heavy (non-hydrogen) atoms. The van der Waals surface area contributed by atoms with Crippen molar-refractivity contribution in [1.82, 2.24) is 15.1 Å². The van der Waals surface area contributed by atoms with Crippen LogP contribution in [0.25, 0.3) is 0 Å². The van der Waals surface area contributed by atoms with Gasteiger partial charge >= 0.3 is 0 Å². The predicted octanol–water partition coefficient (Wildman–Crippen LogP) is 4.19. The van der Waals surface area contributed by atoms with Gasteiger partial charge in [-0.15, -0.1) is 0 Å². The molecular weight excluding hydrogens is 412 g/mol. The molecule has 0 radical (unpaired) electrons. The highest BCUT2D eigenvalue weighted by Gasteiger charge is 2.25. The van der Waals surface area contributed by atoms with Crippen molar-refractivity contribution in [3.05, 3.63) is 89.4 Å². The van der Waals surface area contributed by atoms with Gasteiger partial charge in [0.1, 0.15) is 5.82 Å². The van der Waals surface area contributed by atoms with Crippen molar-refractivity contribution < 1.29 is 4.79 Å². The van der Waals surface area contributed by atoms with Gasteiger partial charge in [0, 0.05) is 29.9 Å². The number of H-pyrrole nitrogens is 1. The molecule has 1 fully saturated rings. The highest BCUT2D eigenvalue weighted by molar-refractivity contribution is 5.98. The van der Waals surface area contributed by atoms with Crippen LogP contribution in [0, 0.1) is 6.92 Å². The zero-order valence-electron chi connectivity index (χ0n) is 19.1. The maximum Gasteiger partial charge on any atom is 0.247 e. The molecular formula is C26H32N6O. The number of rotatable bonds is 9. The number of aromatic amines is 1. The molecule has 4 rings (SSSR count). The third-order valence-electron chi connectivity index (χ3n) is 5.83. The molecule has 1 aromatic heterocycles. The zero-order chi connectivity index (χ0) is 23.2. The summed E-state index contributed by atoms with van der Waals surface area (Å²) < 4.78 is 0. The lowest BCUT2D eigenvalue weighted by atomic mass is 10.0. The molecule has 1 aliphatic heterocycles. The number of nitrogens with zero attached hydrogens (tertiary/aromatic N) is 2. The maximum absolute atomic E-state index is 11.6. The number of hydrogen-bond donors (Lipinski definition) is 4. The average molecular weight is 445 g/mol. The molecule has 0 saturated carbocycles. The van der Waals surface area contributed by atoms with Gasteiger partial charge in [0.2, 0.25) is 5.91 Å². The third-order valence-corrected chi connectivity index (χ3v) is 5.83. The summed E-state index contributed by atoms with van der Waals surface area (Å²) in [6.07, 6.45) is 11.5. The lowest BCUT2D eigenvalue weighted by Crippen LogP contribution is -2.31. The quantitative estimate of drug-likeness (QED) is 0.343. The summed E-state index contributed by atoms with van der Waals surface area (Å²) >= 11 is 0. The number of aryl methyl sites for hydroxylation is 1. The first-order chi connectivity index (χ1) is 16.0. The molecule has 172 valence electrons. The van der Waals surface area contributed by atoms with E-state index < -0.39 is 0 Å². The van der Waals surface area contributed by atoms with Crippen molar-refractivity contribution in [3.63, 3.8) is 0 Å². The summed E-state index contributed by atoms with van der Waals surface area (Å²) in [6.45, 7) is 8.56. The molecule has 7 nitrogen and oxygen atoms in total. The van der Waals surface area contributed by atoms with E-state index in [1.54, 1.807) is 0 Å². The van der Waals surface area contributed by atoms with Crippen molar-refractivity contribution >= 4 is 17.4 Å². The SMILES string of the molecule is C=CC(=O)Nc1cccc(C2C=C2/C=C(\C=C(/N)Nc2cc(C)[nH]n2)CN2CCCCC2)c1. The molecule has 7 heteroatoms. The number of likely N-dealkylation sites (tertiary alicyclic amines) is 1. The van der Waals surface area contributed by atoms with E-state index in [4.69, 9.17) is 5.73 Å². The van der Waals surface area contributed by atoms with Crippen molar-refractivity contribution in [2.45, 2.75) is 32.1 Å². The Morgan fingerprint density at radius 2 is 2.09 bits per heavy atom. The molecule has 1 atom stereocenters. The summed E-state index contributed by atoms with van der Waals surface area (Å²) in [4.78, 5) is 14.1. The van der Waals surface area contributed by atoms with E-state index in [1.807, 2.05) is 37.3 Å². The molecule has 2 heterocycles. The number of carbonyl (C=O) groups is 1. The molecule has 1 amide bonds. The standard InChI is InChI=1S/C26H32N6O/c1-3-26(33)28-22-9-7-8-20(15-22)23-16-21(23)13-19(17-32-10-5-4-6-11-32)14-24(27)29-25-12-18(2)30-31-25/h3,7-9,12-16,23H,1,4-6,10-11,17,27H2,2H3,(H,28,33)(H2,29,30,31)/b19-13+,24-14+. The largest absolute Gasteiger partial charge is 0.385 e. The van der Waals surface area contributed by atoms with Crippen molar-refractivity contribution in [2.75, 3.05) is 30.3 Å². The first kappa shape index (κ1) is 22.6. The predicted molar refractivity (Wildman–Crippen MR) is 134 cm³/mol. The van der Waals surface area contributed by atoms with E-state index >= 15 is 0 Å². The molecule has 2 aromatic rings. The van der Waals surface area contributed by atoms with Crippen LogP contribution in [0.3, 0.4) is 0 Å². The van der Waals surface area contributed by atoms with Crippen molar-refractivity contribution in [2.24, 2.45) is 5.73 Å². The summed E-state index contributed by atoms with van der Waals surface area (Å²) in [5.74, 6) is 1.32. The highest BCUT2D eigenvalue weighted by atomic mass is 16.1. The maximum atomic E-state index is 11.6. The summed E-state index contributed by atoms with van der Waals surface area (Å²) in [5.41, 5.74) is 11.6. The van der Waals surface area contributed by atoms with E-state index in [2.05, 4.69) is 50.5 Å². The number of allylic oxidation sites excluding steroid dienone is 3. The second kappa shape index (κ2) is 10.4. The summed E-state index contributed by atoms with van der Waals surface area (Å²) in [7, 11) is 0. The smallest absolute Gasteiger partial charge is 0.247 e. The van der Waals surface area contributed by atoms with Crippen LogP contribution in [0.15, 0.2) is 78.2 Å². The van der Waals surface area contributed by atoms with E-state index in [-0.39, 0.29) is 11.8 Å².